The minimum atomic E-state index is 0.352. The highest BCUT2D eigenvalue weighted by molar-refractivity contribution is 5.82. The van der Waals surface area contributed by atoms with Gasteiger partial charge < -0.3 is 10.3 Å². The Morgan fingerprint density at radius 1 is 1.46 bits per heavy atom. The van der Waals surface area contributed by atoms with E-state index in [2.05, 4.69) is 24.0 Å². The second-order valence-corrected chi connectivity index (χ2v) is 3.34. The first-order valence-electron chi connectivity index (χ1n) is 4.19. The summed E-state index contributed by atoms with van der Waals surface area (Å²) in [5.41, 5.74) is 7.96. The summed E-state index contributed by atoms with van der Waals surface area (Å²) < 4.78 is 5.00. The zero-order valence-corrected chi connectivity index (χ0v) is 7.61. The minimum Gasteiger partial charge on any atom is -0.379 e. The Hall–Kier alpha value is -1.58. The number of nitrogens with zero attached hydrogens (tertiary/aromatic N) is 2. The van der Waals surface area contributed by atoms with E-state index in [0.29, 0.717) is 22.8 Å². The molecule has 2 aromatic heterocycles. The lowest BCUT2D eigenvalue weighted by atomic mass is 10.1. The van der Waals surface area contributed by atoms with E-state index >= 15 is 0 Å². The first-order chi connectivity index (χ1) is 6.18. The fourth-order valence-corrected chi connectivity index (χ4v) is 1.18. The summed E-state index contributed by atoms with van der Waals surface area (Å²) >= 11 is 0. The second kappa shape index (κ2) is 2.73. The van der Waals surface area contributed by atoms with Crippen molar-refractivity contribution in [1.29, 1.82) is 0 Å². The molecule has 0 saturated carbocycles. The molecule has 0 saturated heterocycles. The monoisotopic (exact) mass is 177 g/mol. The number of fused-ring (bicyclic) bond motifs is 1. The largest absolute Gasteiger partial charge is 0.379 e. The van der Waals surface area contributed by atoms with Crippen molar-refractivity contribution in [2.24, 2.45) is 0 Å². The van der Waals surface area contributed by atoms with E-state index in [1.54, 1.807) is 6.20 Å². The summed E-state index contributed by atoms with van der Waals surface area (Å²) in [4.78, 5) is 4.18. The fraction of sp³-hybridized carbons (Fsp3) is 0.333. The Bertz CT molecular complexity index is 433. The highest BCUT2D eigenvalue weighted by Gasteiger charge is 2.08. The maximum absolute atomic E-state index is 5.54. The van der Waals surface area contributed by atoms with Crippen LogP contribution in [0.2, 0.25) is 0 Å². The molecule has 0 unspecified atom stereocenters. The fourth-order valence-electron chi connectivity index (χ4n) is 1.18. The molecule has 4 heteroatoms. The van der Waals surface area contributed by atoms with Crippen LogP contribution in [0.4, 0.5) is 5.82 Å². The van der Waals surface area contributed by atoms with Gasteiger partial charge in [0.1, 0.15) is 0 Å². The lowest BCUT2D eigenvalue weighted by Crippen LogP contribution is -1.90. The topological polar surface area (TPSA) is 64.9 Å². The van der Waals surface area contributed by atoms with Crippen molar-refractivity contribution in [3.8, 4) is 0 Å². The van der Waals surface area contributed by atoms with Gasteiger partial charge in [-0.3, -0.25) is 0 Å². The van der Waals surface area contributed by atoms with E-state index in [1.807, 2.05) is 6.07 Å². The molecule has 13 heavy (non-hydrogen) atoms. The van der Waals surface area contributed by atoms with Crippen molar-refractivity contribution in [1.82, 2.24) is 10.1 Å². The summed E-state index contributed by atoms with van der Waals surface area (Å²) in [6.45, 7) is 4.20. The van der Waals surface area contributed by atoms with Crippen LogP contribution >= 0.6 is 0 Å². The second-order valence-electron chi connectivity index (χ2n) is 3.34. The maximum atomic E-state index is 5.54. The predicted molar refractivity (Wildman–Crippen MR) is 50.3 cm³/mol. The number of rotatable bonds is 1. The van der Waals surface area contributed by atoms with Gasteiger partial charge in [-0.2, -0.15) is 0 Å². The number of anilines is 1. The molecule has 0 aromatic carbocycles. The molecule has 0 aliphatic heterocycles. The molecule has 2 rings (SSSR count). The highest BCUT2D eigenvalue weighted by Crippen LogP contribution is 2.22. The first kappa shape index (κ1) is 8.04. The molecule has 4 nitrogen and oxygen atoms in total. The van der Waals surface area contributed by atoms with Gasteiger partial charge in [-0.1, -0.05) is 19.0 Å². The molecule has 0 aliphatic carbocycles. The number of aromatic nitrogens is 2. The van der Waals surface area contributed by atoms with E-state index < -0.39 is 0 Å². The summed E-state index contributed by atoms with van der Waals surface area (Å²) in [7, 11) is 0. The lowest BCUT2D eigenvalue weighted by molar-refractivity contribution is 0.460. The van der Waals surface area contributed by atoms with Gasteiger partial charge >= 0.3 is 0 Å². The Labute approximate surface area is 75.7 Å². The molecule has 0 fully saturated rings. The third-order valence-corrected chi connectivity index (χ3v) is 2.03. The number of nitrogens with two attached hydrogens (primary N) is 1. The Balaban J connectivity index is 2.63. The van der Waals surface area contributed by atoms with Crippen molar-refractivity contribution in [3.63, 3.8) is 0 Å². The predicted octanol–water partition coefficient (Wildman–Crippen LogP) is 1.93. The van der Waals surface area contributed by atoms with Crippen LogP contribution in [-0.4, -0.2) is 10.1 Å². The molecule has 0 spiro atoms. The number of hydrogen-bond acceptors (Lipinski definition) is 4. The molecular formula is C9H11N3O. The Kier molecular flexibility index (Phi) is 1.69. The van der Waals surface area contributed by atoms with Crippen LogP contribution in [0.25, 0.3) is 11.1 Å². The number of nitrogen functional groups attached to an aromatic ring is 1. The zero-order valence-electron chi connectivity index (χ0n) is 7.61. The van der Waals surface area contributed by atoms with Gasteiger partial charge in [0, 0.05) is 6.20 Å². The van der Waals surface area contributed by atoms with Crippen LogP contribution in [0.5, 0.6) is 0 Å². The van der Waals surface area contributed by atoms with Crippen molar-refractivity contribution < 1.29 is 4.52 Å². The van der Waals surface area contributed by atoms with Gasteiger partial charge in [0.25, 0.3) is 0 Å². The number of pyridine rings is 1. The van der Waals surface area contributed by atoms with Crippen LogP contribution < -0.4 is 5.73 Å². The Morgan fingerprint density at radius 2 is 2.23 bits per heavy atom. The average molecular weight is 177 g/mol. The minimum absolute atomic E-state index is 0.352. The quantitative estimate of drug-likeness (QED) is 0.722. The Morgan fingerprint density at radius 3 is 2.92 bits per heavy atom. The molecule has 2 aromatic rings. The molecule has 0 atom stereocenters. The molecule has 0 radical (unpaired) electrons. The van der Waals surface area contributed by atoms with Crippen LogP contribution in [0.3, 0.4) is 0 Å². The summed E-state index contributed by atoms with van der Waals surface area (Å²) in [6, 6.07) is 1.93. The SMILES string of the molecule is CC(C)c1cnc2c(N)noc2c1. The van der Waals surface area contributed by atoms with Crippen LogP contribution in [0, 0.1) is 0 Å². The van der Waals surface area contributed by atoms with Gasteiger partial charge in [-0.25, -0.2) is 4.98 Å². The standard InChI is InChI=1S/C9H11N3O/c1-5(2)6-3-7-8(11-4-6)9(10)12-13-7/h3-5H,1-2H3,(H2,10,12). The zero-order chi connectivity index (χ0) is 9.42. The van der Waals surface area contributed by atoms with Crippen LogP contribution in [0.1, 0.15) is 25.3 Å². The summed E-state index contributed by atoms with van der Waals surface area (Å²) in [6.07, 6.45) is 1.81. The first-order valence-corrected chi connectivity index (χ1v) is 4.19. The summed E-state index contributed by atoms with van der Waals surface area (Å²) in [5, 5.41) is 3.64. The van der Waals surface area contributed by atoms with E-state index in [0.717, 1.165) is 5.56 Å². The number of hydrogen-bond donors (Lipinski definition) is 1. The molecule has 68 valence electrons. The highest BCUT2D eigenvalue weighted by atomic mass is 16.5. The average Bonchev–Trinajstić information content (AvgIpc) is 2.47. The van der Waals surface area contributed by atoms with Gasteiger partial charge in [0.15, 0.2) is 16.9 Å². The van der Waals surface area contributed by atoms with Crippen molar-refractivity contribution >= 4 is 16.9 Å². The summed E-state index contributed by atoms with van der Waals surface area (Å²) in [5.74, 6) is 0.786. The normalized spacial score (nSPS) is 11.3. The third-order valence-electron chi connectivity index (χ3n) is 2.03. The van der Waals surface area contributed by atoms with Gasteiger partial charge in [0.05, 0.1) is 0 Å². The lowest BCUT2D eigenvalue weighted by Gasteiger charge is -2.02. The molecule has 0 amide bonds. The van der Waals surface area contributed by atoms with Gasteiger partial charge in [0.2, 0.25) is 0 Å². The van der Waals surface area contributed by atoms with E-state index in [4.69, 9.17) is 10.3 Å². The molecular weight excluding hydrogens is 166 g/mol. The van der Waals surface area contributed by atoms with E-state index in [1.165, 1.54) is 0 Å². The van der Waals surface area contributed by atoms with Gasteiger partial charge in [-0.05, 0) is 17.5 Å². The van der Waals surface area contributed by atoms with Crippen LogP contribution in [-0.2, 0) is 0 Å². The van der Waals surface area contributed by atoms with Gasteiger partial charge in [-0.15, -0.1) is 0 Å². The van der Waals surface area contributed by atoms with Crippen molar-refractivity contribution in [2.45, 2.75) is 19.8 Å². The van der Waals surface area contributed by atoms with E-state index in [9.17, 15) is 0 Å². The maximum Gasteiger partial charge on any atom is 0.193 e. The van der Waals surface area contributed by atoms with Crippen molar-refractivity contribution in [3.05, 3.63) is 17.8 Å². The molecule has 2 N–H and O–H groups in total. The molecule has 2 heterocycles. The van der Waals surface area contributed by atoms with Crippen molar-refractivity contribution in [2.75, 3.05) is 5.73 Å². The van der Waals surface area contributed by atoms with E-state index in [-0.39, 0.29) is 0 Å². The molecule has 0 aliphatic rings. The smallest absolute Gasteiger partial charge is 0.193 e. The molecule has 0 bridgehead atoms. The van der Waals surface area contributed by atoms with Crippen LogP contribution in [0.15, 0.2) is 16.8 Å². The third kappa shape index (κ3) is 1.24.